The van der Waals surface area contributed by atoms with Gasteiger partial charge in [-0.25, -0.2) is 9.82 Å². The van der Waals surface area contributed by atoms with E-state index in [4.69, 9.17) is 11.6 Å². The van der Waals surface area contributed by atoms with Crippen LogP contribution in [0, 0.1) is 5.82 Å². The van der Waals surface area contributed by atoms with E-state index in [1.54, 1.807) is 31.2 Å². The Balaban J connectivity index is 2.25. The molecule has 0 bridgehead atoms. The third kappa shape index (κ3) is 3.62. The predicted molar refractivity (Wildman–Crippen MR) is 83.8 cm³/mol. The fourth-order valence-electron chi connectivity index (χ4n) is 1.89. The highest BCUT2D eigenvalue weighted by molar-refractivity contribution is 6.33. The average molecular weight is 321 g/mol. The van der Waals surface area contributed by atoms with Crippen molar-refractivity contribution in [1.29, 1.82) is 0 Å². The lowest BCUT2D eigenvalue weighted by molar-refractivity contribution is 0.0955. The predicted octanol–water partition coefficient (Wildman–Crippen LogP) is 3.73. The highest BCUT2D eigenvalue weighted by Gasteiger charge is 2.12. The second-order valence-electron chi connectivity index (χ2n) is 4.49. The van der Waals surface area contributed by atoms with Gasteiger partial charge in [-0.05, 0) is 36.8 Å². The van der Waals surface area contributed by atoms with Crippen LogP contribution < -0.4 is 5.43 Å². The van der Waals surface area contributed by atoms with Crippen molar-refractivity contribution in [3.05, 3.63) is 64.4 Å². The van der Waals surface area contributed by atoms with Gasteiger partial charge in [0.05, 0.1) is 16.3 Å². The molecule has 2 rings (SSSR count). The van der Waals surface area contributed by atoms with Crippen LogP contribution in [0.4, 0.5) is 4.39 Å². The van der Waals surface area contributed by atoms with E-state index >= 15 is 0 Å². The first-order chi connectivity index (χ1) is 10.5. The summed E-state index contributed by atoms with van der Waals surface area (Å²) >= 11 is 5.93. The Morgan fingerprint density at radius 3 is 2.68 bits per heavy atom. The van der Waals surface area contributed by atoms with Crippen LogP contribution in [0.25, 0.3) is 0 Å². The molecule has 2 aromatic carbocycles. The van der Waals surface area contributed by atoms with Crippen molar-refractivity contribution in [3.63, 3.8) is 0 Å². The molecule has 2 aromatic rings. The van der Waals surface area contributed by atoms with Gasteiger partial charge >= 0.3 is 0 Å². The normalized spacial score (nSPS) is 11.3. The zero-order valence-electron chi connectivity index (χ0n) is 11.8. The molecule has 0 aromatic heterocycles. The fourth-order valence-corrected chi connectivity index (χ4v) is 2.11. The lowest BCUT2D eigenvalue weighted by atomic mass is 10.1. The van der Waals surface area contributed by atoms with Gasteiger partial charge in [0.15, 0.2) is 0 Å². The molecule has 0 saturated carbocycles. The van der Waals surface area contributed by atoms with E-state index in [0.29, 0.717) is 17.2 Å². The molecule has 0 fully saturated rings. The maximum atomic E-state index is 13.3. The maximum Gasteiger partial charge on any atom is 0.272 e. The number of nitrogens with one attached hydrogen (secondary N) is 1. The van der Waals surface area contributed by atoms with Crippen molar-refractivity contribution in [1.82, 2.24) is 5.43 Å². The number of phenolic OH excluding ortho intramolecular Hbond substituents is 1. The van der Waals surface area contributed by atoms with Crippen molar-refractivity contribution in [2.75, 3.05) is 0 Å². The van der Waals surface area contributed by atoms with Crippen LogP contribution in [-0.2, 0) is 0 Å². The van der Waals surface area contributed by atoms with Gasteiger partial charge in [-0.3, -0.25) is 4.79 Å². The van der Waals surface area contributed by atoms with E-state index in [-0.39, 0.29) is 16.9 Å². The van der Waals surface area contributed by atoms with Crippen LogP contribution in [0.15, 0.2) is 47.6 Å². The molecular formula is C16H14ClFN2O2. The van der Waals surface area contributed by atoms with E-state index in [2.05, 4.69) is 10.5 Å². The number of amides is 1. The molecule has 0 saturated heterocycles. The summed E-state index contributed by atoms with van der Waals surface area (Å²) in [5.41, 5.74) is 3.25. The summed E-state index contributed by atoms with van der Waals surface area (Å²) < 4.78 is 13.3. The summed E-state index contributed by atoms with van der Waals surface area (Å²) in [6, 6.07) is 10.1. The standard InChI is InChI=1S/C16H14ClFN2O2/c1-2-14(12-9-10(18)7-8-15(12)21)19-20-16(22)11-5-3-4-6-13(11)17/h3-9,21H,2H2,1H3,(H,20,22). The summed E-state index contributed by atoms with van der Waals surface area (Å²) in [5.74, 6) is -1.08. The molecule has 0 unspecified atom stereocenters. The van der Waals surface area contributed by atoms with E-state index in [1.165, 1.54) is 12.1 Å². The number of phenols is 1. The first kappa shape index (κ1) is 16.0. The van der Waals surface area contributed by atoms with E-state index in [0.717, 1.165) is 6.07 Å². The minimum absolute atomic E-state index is 0.103. The van der Waals surface area contributed by atoms with Crippen LogP contribution in [0.1, 0.15) is 29.3 Å². The Bertz CT molecular complexity index is 732. The smallest absolute Gasteiger partial charge is 0.272 e. The topological polar surface area (TPSA) is 61.7 Å². The molecule has 0 aliphatic heterocycles. The SMILES string of the molecule is CCC(=NNC(=O)c1ccccc1Cl)c1cc(F)ccc1O. The molecule has 4 nitrogen and oxygen atoms in total. The van der Waals surface area contributed by atoms with Crippen LogP contribution in [0.2, 0.25) is 5.02 Å². The van der Waals surface area contributed by atoms with Crippen LogP contribution in [0.5, 0.6) is 5.75 Å². The molecule has 0 heterocycles. The van der Waals surface area contributed by atoms with E-state index < -0.39 is 11.7 Å². The van der Waals surface area contributed by atoms with Gasteiger partial charge in [0.1, 0.15) is 11.6 Å². The molecule has 1 amide bonds. The number of hydrogen-bond donors (Lipinski definition) is 2. The summed E-state index contributed by atoms with van der Waals surface area (Å²) in [6.45, 7) is 1.78. The van der Waals surface area contributed by atoms with Crippen LogP contribution in [-0.4, -0.2) is 16.7 Å². The number of benzene rings is 2. The number of carbonyl (C=O) groups excluding carboxylic acids is 1. The zero-order valence-corrected chi connectivity index (χ0v) is 12.6. The Kier molecular flexibility index (Phi) is 5.12. The molecular weight excluding hydrogens is 307 g/mol. The minimum atomic E-state index is -0.494. The second kappa shape index (κ2) is 7.04. The molecule has 2 N–H and O–H groups in total. The largest absolute Gasteiger partial charge is 0.507 e. The summed E-state index contributed by atoms with van der Waals surface area (Å²) in [5, 5.41) is 14.1. The lowest BCUT2D eigenvalue weighted by Gasteiger charge is -2.08. The monoisotopic (exact) mass is 320 g/mol. The summed E-state index contributed by atoms with van der Waals surface area (Å²) in [4.78, 5) is 12.0. The maximum absolute atomic E-state index is 13.3. The van der Waals surface area contributed by atoms with Crippen molar-refractivity contribution < 1.29 is 14.3 Å². The Morgan fingerprint density at radius 1 is 1.27 bits per heavy atom. The third-order valence-corrected chi connectivity index (χ3v) is 3.34. The Morgan fingerprint density at radius 2 is 2.00 bits per heavy atom. The van der Waals surface area contributed by atoms with Gasteiger partial charge in [0.2, 0.25) is 0 Å². The first-order valence-corrected chi connectivity index (χ1v) is 7.01. The van der Waals surface area contributed by atoms with Crippen LogP contribution in [0.3, 0.4) is 0 Å². The third-order valence-electron chi connectivity index (χ3n) is 3.02. The van der Waals surface area contributed by atoms with Crippen LogP contribution >= 0.6 is 11.6 Å². The van der Waals surface area contributed by atoms with Gasteiger partial charge in [-0.2, -0.15) is 5.10 Å². The summed E-state index contributed by atoms with van der Waals surface area (Å²) in [7, 11) is 0. The average Bonchev–Trinajstić information content (AvgIpc) is 2.51. The zero-order chi connectivity index (χ0) is 16.1. The highest BCUT2D eigenvalue weighted by atomic mass is 35.5. The van der Waals surface area contributed by atoms with Crippen molar-refractivity contribution in [2.24, 2.45) is 5.10 Å². The minimum Gasteiger partial charge on any atom is -0.507 e. The van der Waals surface area contributed by atoms with Crippen molar-refractivity contribution in [2.45, 2.75) is 13.3 Å². The number of nitrogens with zero attached hydrogens (tertiary/aromatic N) is 1. The quantitative estimate of drug-likeness (QED) is 0.666. The van der Waals surface area contributed by atoms with Gasteiger partial charge < -0.3 is 5.11 Å². The summed E-state index contributed by atoms with van der Waals surface area (Å²) in [6.07, 6.45) is 0.403. The number of carbonyl (C=O) groups is 1. The van der Waals surface area contributed by atoms with E-state index in [1.807, 2.05) is 0 Å². The number of aromatic hydroxyl groups is 1. The first-order valence-electron chi connectivity index (χ1n) is 6.63. The van der Waals surface area contributed by atoms with Gasteiger partial charge in [-0.1, -0.05) is 30.7 Å². The van der Waals surface area contributed by atoms with Gasteiger partial charge in [-0.15, -0.1) is 0 Å². The molecule has 0 aliphatic rings. The molecule has 0 radical (unpaired) electrons. The van der Waals surface area contributed by atoms with Gasteiger partial charge in [0.25, 0.3) is 5.91 Å². The molecule has 0 spiro atoms. The molecule has 0 aliphatic carbocycles. The molecule has 22 heavy (non-hydrogen) atoms. The van der Waals surface area contributed by atoms with E-state index in [9.17, 15) is 14.3 Å². The molecule has 114 valence electrons. The second-order valence-corrected chi connectivity index (χ2v) is 4.90. The number of hydrogen-bond acceptors (Lipinski definition) is 3. The van der Waals surface area contributed by atoms with Crippen molar-refractivity contribution >= 4 is 23.2 Å². The lowest BCUT2D eigenvalue weighted by Crippen LogP contribution is -2.20. The molecule has 0 atom stereocenters. The number of rotatable bonds is 4. The Hall–Kier alpha value is -2.40. The fraction of sp³-hybridized carbons (Fsp3) is 0.125. The Labute approximate surface area is 132 Å². The van der Waals surface area contributed by atoms with Crippen molar-refractivity contribution in [3.8, 4) is 5.75 Å². The number of hydrazone groups is 1. The van der Waals surface area contributed by atoms with Gasteiger partial charge in [0, 0.05) is 5.56 Å². The molecule has 6 heteroatoms. The number of halogens is 2. The highest BCUT2D eigenvalue weighted by Crippen LogP contribution is 2.20.